The van der Waals surface area contributed by atoms with Crippen LogP contribution in [-0.4, -0.2) is 18.0 Å². The van der Waals surface area contributed by atoms with E-state index in [4.69, 9.17) is 10.5 Å². The fourth-order valence-corrected chi connectivity index (χ4v) is 2.31. The third kappa shape index (κ3) is 5.08. The van der Waals surface area contributed by atoms with Crippen LogP contribution in [0.2, 0.25) is 0 Å². The molecular weight excluding hydrogens is 316 g/mol. The molecule has 1 amide bonds. The molecule has 0 radical (unpaired) electrons. The van der Waals surface area contributed by atoms with E-state index in [1.807, 2.05) is 24.3 Å². The topological polar surface area (TPSA) is 81.4 Å². The van der Waals surface area contributed by atoms with E-state index in [-0.39, 0.29) is 5.91 Å². The zero-order valence-corrected chi connectivity index (χ0v) is 14.8. The van der Waals surface area contributed by atoms with Crippen molar-refractivity contribution in [2.75, 3.05) is 11.1 Å². The number of carbonyl (C=O) groups excluding carboxylic acids is 2. The number of carbonyl (C=O) groups is 2. The van der Waals surface area contributed by atoms with E-state index < -0.39 is 12.1 Å². The van der Waals surface area contributed by atoms with Gasteiger partial charge in [-0.2, -0.15) is 0 Å². The van der Waals surface area contributed by atoms with Crippen molar-refractivity contribution in [2.24, 2.45) is 0 Å². The second-order valence-corrected chi connectivity index (χ2v) is 6.19. The Balaban J connectivity index is 2.00. The highest BCUT2D eigenvalue weighted by Crippen LogP contribution is 2.18. The zero-order valence-electron chi connectivity index (χ0n) is 14.8. The lowest BCUT2D eigenvalue weighted by Gasteiger charge is -2.16. The molecule has 0 heterocycles. The lowest BCUT2D eigenvalue weighted by molar-refractivity contribution is -0.124. The molecule has 2 rings (SSSR count). The molecule has 0 bridgehead atoms. The number of nitrogens with two attached hydrogens (primary N) is 1. The Morgan fingerprint density at radius 2 is 1.64 bits per heavy atom. The first-order valence-corrected chi connectivity index (χ1v) is 8.38. The number of nitrogens with one attached hydrogen (secondary N) is 1. The van der Waals surface area contributed by atoms with Gasteiger partial charge in [-0.15, -0.1) is 0 Å². The van der Waals surface area contributed by atoms with E-state index in [1.165, 1.54) is 5.56 Å². The van der Waals surface area contributed by atoms with E-state index in [0.29, 0.717) is 29.3 Å². The van der Waals surface area contributed by atoms with Gasteiger partial charge in [0, 0.05) is 11.4 Å². The standard InChI is InChI=1S/C20H24N2O3/c1-4-18(25-20(24)15-5-9-16(21)10-6-15)19(23)22-17-11-7-14(8-12-17)13(2)3/h5-13,18H,4,21H2,1-3H3,(H,22,23). The highest BCUT2D eigenvalue weighted by Gasteiger charge is 2.22. The summed E-state index contributed by atoms with van der Waals surface area (Å²) < 4.78 is 5.33. The van der Waals surface area contributed by atoms with Crippen LogP contribution in [0, 0.1) is 0 Å². The molecule has 0 spiro atoms. The summed E-state index contributed by atoms with van der Waals surface area (Å²) in [6.07, 6.45) is -0.466. The number of esters is 1. The van der Waals surface area contributed by atoms with E-state index in [1.54, 1.807) is 31.2 Å². The van der Waals surface area contributed by atoms with Crippen molar-refractivity contribution in [3.8, 4) is 0 Å². The Bertz CT molecular complexity index is 722. The first-order chi connectivity index (χ1) is 11.9. The van der Waals surface area contributed by atoms with E-state index in [2.05, 4.69) is 19.2 Å². The number of amides is 1. The number of nitrogen functional groups attached to an aromatic ring is 1. The van der Waals surface area contributed by atoms with Gasteiger partial charge in [0.1, 0.15) is 0 Å². The number of benzene rings is 2. The summed E-state index contributed by atoms with van der Waals surface area (Å²) in [5.41, 5.74) is 8.40. The van der Waals surface area contributed by atoms with Gasteiger partial charge in [0.05, 0.1) is 5.56 Å². The van der Waals surface area contributed by atoms with Gasteiger partial charge in [-0.05, 0) is 54.3 Å². The van der Waals surface area contributed by atoms with Crippen LogP contribution >= 0.6 is 0 Å². The van der Waals surface area contributed by atoms with Crippen molar-refractivity contribution in [3.63, 3.8) is 0 Å². The molecule has 25 heavy (non-hydrogen) atoms. The largest absolute Gasteiger partial charge is 0.449 e. The van der Waals surface area contributed by atoms with Crippen LogP contribution in [0.4, 0.5) is 11.4 Å². The molecular formula is C20H24N2O3. The maximum absolute atomic E-state index is 12.4. The minimum absolute atomic E-state index is 0.344. The van der Waals surface area contributed by atoms with Gasteiger partial charge < -0.3 is 15.8 Å². The molecule has 2 aromatic rings. The number of hydrogen-bond acceptors (Lipinski definition) is 4. The van der Waals surface area contributed by atoms with Gasteiger partial charge in [0.2, 0.25) is 0 Å². The summed E-state index contributed by atoms with van der Waals surface area (Å²) in [6.45, 7) is 6.01. The van der Waals surface area contributed by atoms with Gasteiger partial charge in [0.25, 0.3) is 5.91 Å². The molecule has 0 aromatic heterocycles. The van der Waals surface area contributed by atoms with Crippen LogP contribution < -0.4 is 11.1 Å². The maximum Gasteiger partial charge on any atom is 0.338 e. The van der Waals surface area contributed by atoms with Gasteiger partial charge >= 0.3 is 5.97 Å². The first kappa shape index (κ1) is 18.5. The quantitative estimate of drug-likeness (QED) is 0.616. The van der Waals surface area contributed by atoms with Crippen molar-refractivity contribution >= 4 is 23.3 Å². The Hall–Kier alpha value is -2.82. The Kier molecular flexibility index (Phi) is 6.17. The van der Waals surface area contributed by atoms with Crippen molar-refractivity contribution < 1.29 is 14.3 Å². The molecule has 1 unspecified atom stereocenters. The maximum atomic E-state index is 12.4. The van der Waals surface area contributed by atoms with E-state index in [9.17, 15) is 9.59 Å². The van der Waals surface area contributed by atoms with Gasteiger partial charge in [-0.1, -0.05) is 32.9 Å². The Morgan fingerprint density at radius 1 is 1.04 bits per heavy atom. The smallest absolute Gasteiger partial charge is 0.338 e. The summed E-state index contributed by atoms with van der Waals surface area (Å²) >= 11 is 0. The summed E-state index contributed by atoms with van der Waals surface area (Å²) in [4.78, 5) is 24.5. The van der Waals surface area contributed by atoms with Crippen LogP contribution in [0.3, 0.4) is 0 Å². The average molecular weight is 340 g/mol. The lowest BCUT2D eigenvalue weighted by Crippen LogP contribution is -2.32. The van der Waals surface area contributed by atoms with E-state index >= 15 is 0 Å². The van der Waals surface area contributed by atoms with Gasteiger partial charge in [-0.25, -0.2) is 4.79 Å². The summed E-state index contributed by atoms with van der Waals surface area (Å²) in [6, 6.07) is 14.0. The SMILES string of the molecule is CCC(OC(=O)c1ccc(N)cc1)C(=O)Nc1ccc(C(C)C)cc1. The van der Waals surface area contributed by atoms with Crippen LogP contribution in [0.25, 0.3) is 0 Å². The normalized spacial score (nSPS) is 11.8. The third-order valence-electron chi connectivity index (χ3n) is 3.90. The number of hydrogen-bond donors (Lipinski definition) is 2. The lowest BCUT2D eigenvalue weighted by atomic mass is 10.0. The monoisotopic (exact) mass is 340 g/mol. The molecule has 3 N–H and O–H groups in total. The fourth-order valence-electron chi connectivity index (χ4n) is 2.31. The molecule has 0 aliphatic carbocycles. The second-order valence-electron chi connectivity index (χ2n) is 6.19. The van der Waals surface area contributed by atoms with Crippen LogP contribution in [-0.2, 0) is 9.53 Å². The molecule has 0 saturated carbocycles. The number of rotatable bonds is 6. The average Bonchev–Trinajstić information content (AvgIpc) is 2.60. The highest BCUT2D eigenvalue weighted by atomic mass is 16.5. The minimum Gasteiger partial charge on any atom is -0.449 e. The first-order valence-electron chi connectivity index (χ1n) is 8.38. The predicted octanol–water partition coefficient (Wildman–Crippen LogP) is 3.97. The molecule has 0 saturated heterocycles. The van der Waals surface area contributed by atoms with Crippen LogP contribution in [0.15, 0.2) is 48.5 Å². The molecule has 0 aliphatic heterocycles. The molecule has 5 heteroatoms. The van der Waals surface area contributed by atoms with Crippen molar-refractivity contribution in [1.82, 2.24) is 0 Å². The van der Waals surface area contributed by atoms with Crippen LogP contribution in [0.5, 0.6) is 0 Å². The fraction of sp³-hybridized carbons (Fsp3) is 0.300. The van der Waals surface area contributed by atoms with Gasteiger partial charge in [0.15, 0.2) is 6.10 Å². The third-order valence-corrected chi connectivity index (χ3v) is 3.90. The van der Waals surface area contributed by atoms with Gasteiger partial charge in [-0.3, -0.25) is 4.79 Å². The summed E-state index contributed by atoms with van der Waals surface area (Å²) in [5.74, 6) is -0.463. The number of anilines is 2. The Labute approximate surface area is 148 Å². The molecule has 1 atom stereocenters. The van der Waals surface area contributed by atoms with Crippen molar-refractivity contribution in [1.29, 1.82) is 0 Å². The minimum atomic E-state index is -0.852. The summed E-state index contributed by atoms with van der Waals surface area (Å²) in [5, 5.41) is 2.79. The van der Waals surface area contributed by atoms with E-state index in [0.717, 1.165) is 0 Å². The summed E-state index contributed by atoms with van der Waals surface area (Å²) in [7, 11) is 0. The molecule has 132 valence electrons. The molecule has 0 fully saturated rings. The van der Waals surface area contributed by atoms with Crippen molar-refractivity contribution in [2.45, 2.75) is 39.2 Å². The molecule has 5 nitrogen and oxygen atoms in total. The number of ether oxygens (including phenoxy) is 1. The second kappa shape index (κ2) is 8.33. The Morgan fingerprint density at radius 3 is 2.16 bits per heavy atom. The molecule has 0 aliphatic rings. The predicted molar refractivity (Wildman–Crippen MR) is 99.5 cm³/mol. The van der Waals surface area contributed by atoms with Crippen molar-refractivity contribution in [3.05, 3.63) is 59.7 Å². The highest BCUT2D eigenvalue weighted by molar-refractivity contribution is 5.97. The zero-order chi connectivity index (χ0) is 18.4. The van der Waals surface area contributed by atoms with Crippen LogP contribution in [0.1, 0.15) is 49.0 Å². The molecule has 2 aromatic carbocycles.